The van der Waals surface area contributed by atoms with E-state index in [0.717, 1.165) is 23.4 Å². The monoisotopic (exact) mass is 519 g/mol. The first kappa shape index (κ1) is 28.0. The average molecular weight is 520 g/mol. The number of alkyl carbamates (subject to hydrolysis) is 1. The third-order valence-electron chi connectivity index (χ3n) is 5.95. The van der Waals surface area contributed by atoms with E-state index in [1.807, 2.05) is 58.0 Å². The fraction of sp³-hybridized carbons (Fsp3) is 0.571. The summed E-state index contributed by atoms with van der Waals surface area (Å²) in [6, 6.07) is 9.59. The van der Waals surface area contributed by atoms with Crippen LogP contribution < -0.4 is 15.4 Å². The van der Waals surface area contributed by atoms with Crippen molar-refractivity contribution < 1.29 is 18.7 Å². The number of carbonyl (C=O) groups excluding carboxylic acids is 1. The molecular weight excluding hydrogens is 481 g/mol. The molecule has 198 valence electrons. The number of nitrogens with zero attached hydrogens (tertiary/aromatic N) is 1. The number of amides is 1. The van der Waals surface area contributed by atoms with Crippen LogP contribution in [0.5, 0.6) is 5.75 Å². The molecule has 6 nitrogen and oxygen atoms in total. The van der Waals surface area contributed by atoms with Crippen LogP contribution in [0.15, 0.2) is 36.5 Å². The normalized spacial score (nSPS) is 19.6. The molecule has 1 heterocycles. The summed E-state index contributed by atoms with van der Waals surface area (Å²) in [6.07, 6.45) is 3.15. The van der Waals surface area contributed by atoms with Crippen LogP contribution in [-0.2, 0) is 4.74 Å². The molecular formula is C28H39ClFN3O3. The molecule has 1 amide bonds. The third-order valence-corrected chi connectivity index (χ3v) is 6.25. The van der Waals surface area contributed by atoms with Crippen molar-refractivity contribution in [2.24, 2.45) is 5.92 Å². The van der Waals surface area contributed by atoms with Gasteiger partial charge in [-0.25, -0.2) is 14.2 Å². The summed E-state index contributed by atoms with van der Waals surface area (Å²) in [4.78, 5) is 16.8. The number of rotatable bonds is 9. The molecule has 36 heavy (non-hydrogen) atoms. The second kappa shape index (κ2) is 11.7. The third kappa shape index (κ3) is 8.54. The number of carbonyl (C=O) groups is 1. The van der Waals surface area contributed by atoms with E-state index >= 15 is 0 Å². The van der Waals surface area contributed by atoms with E-state index in [0.29, 0.717) is 36.0 Å². The number of alkyl halides is 1. The van der Waals surface area contributed by atoms with E-state index in [1.165, 1.54) is 0 Å². The zero-order valence-electron chi connectivity index (χ0n) is 22.2. The van der Waals surface area contributed by atoms with E-state index in [2.05, 4.69) is 29.5 Å². The summed E-state index contributed by atoms with van der Waals surface area (Å²) in [6.45, 7) is 11.9. The van der Waals surface area contributed by atoms with Crippen LogP contribution in [0.2, 0.25) is 5.02 Å². The van der Waals surface area contributed by atoms with Crippen molar-refractivity contribution in [3.8, 4) is 16.9 Å². The lowest BCUT2D eigenvalue weighted by molar-refractivity contribution is 0.0408. The van der Waals surface area contributed by atoms with Gasteiger partial charge >= 0.3 is 6.09 Å². The number of pyridine rings is 1. The number of aromatic nitrogens is 1. The minimum atomic E-state index is -0.737. The highest BCUT2D eigenvalue weighted by Gasteiger charge is 2.31. The second-order valence-electron chi connectivity index (χ2n) is 11.4. The van der Waals surface area contributed by atoms with Gasteiger partial charge in [-0.05, 0) is 94.7 Å². The maximum absolute atomic E-state index is 13.5. The van der Waals surface area contributed by atoms with Crippen molar-refractivity contribution in [3.05, 3.63) is 41.6 Å². The molecule has 2 aromatic rings. The van der Waals surface area contributed by atoms with E-state index in [-0.39, 0.29) is 12.6 Å². The molecule has 1 aliphatic carbocycles. The Morgan fingerprint density at radius 2 is 1.89 bits per heavy atom. The molecule has 3 unspecified atom stereocenters. The number of benzene rings is 1. The quantitative estimate of drug-likeness (QED) is 0.361. The molecule has 1 aromatic carbocycles. The maximum Gasteiger partial charge on any atom is 0.408 e. The van der Waals surface area contributed by atoms with Crippen LogP contribution >= 0.6 is 11.6 Å². The molecule has 1 aliphatic rings. The summed E-state index contributed by atoms with van der Waals surface area (Å²) < 4.78 is 25.1. The predicted molar refractivity (Wildman–Crippen MR) is 144 cm³/mol. The van der Waals surface area contributed by atoms with Crippen molar-refractivity contribution in [2.75, 3.05) is 11.9 Å². The molecule has 0 saturated heterocycles. The Balaban J connectivity index is 1.68. The second-order valence-corrected chi connectivity index (χ2v) is 11.8. The molecule has 1 aromatic heterocycles. The lowest BCUT2D eigenvalue weighted by Crippen LogP contribution is -2.52. The van der Waals surface area contributed by atoms with Gasteiger partial charge in [0, 0.05) is 12.2 Å². The van der Waals surface area contributed by atoms with Crippen molar-refractivity contribution >= 4 is 23.5 Å². The van der Waals surface area contributed by atoms with Gasteiger partial charge in [0.15, 0.2) is 0 Å². The minimum Gasteiger partial charge on any atom is -0.490 e. The van der Waals surface area contributed by atoms with Crippen LogP contribution in [0.3, 0.4) is 0 Å². The topological polar surface area (TPSA) is 72.5 Å². The Kier molecular flexibility index (Phi) is 9.09. The van der Waals surface area contributed by atoms with Crippen molar-refractivity contribution in [2.45, 2.75) is 90.6 Å². The molecule has 0 aliphatic heterocycles. The van der Waals surface area contributed by atoms with Gasteiger partial charge in [0.05, 0.1) is 10.6 Å². The van der Waals surface area contributed by atoms with Crippen LogP contribution in [0.4, 0.5) is 15.0 Å². The average Bonchev–Trinajstić information content (AvgIpc) is 3.15. The number of anilines is 1. The molecule has 3 atom stereocenters. The molecule has 1 saturated carbocycles. The van der Waals surface area contributed by atoms with Gasteiger partial charge in [-0.2, -0.15) is 0 Å². The van der Waals surface area contributed by atoms with Gasteiger partial charge < -0.3 is 20.1 Å². The highest BCUT2D eigenvalue weighted by atomic mass is 35.5. The summed E-state index contributed by atoms with van der Waals surface area (Å²) in [7, 11) is 0. The molecule has 1 fully saturated rings. The molecule has 0 spiro atoms. The Labute approximate surface area is 219 Å². The van der Waals surface area contributed by atoms with Crippen LogP contribution in [-0.4, -0.2) is 41.0 Å². The highest BCUT2D eigenvalue weighted by molar-refractivity contribution is 6.32. The summed E-state index contributed by atoms with van der Waals surface area (Å²) in [5.41, 5.74) is 0.650. The van der Waals surface area contributed by atoms with E-state index in [9.17, 15) is 9.18 Å². The van der Waals surface area contributed by atoms with Gasteiger partial charge in [0.1, 0.15) is 29.9 Å². The molecule has 8 heteroatoms. The van der Waals surface area contributed by atoms with Crippen molar-refractivity contribution in [1.29, 1.82) is 0 Å². The highest BCUT2D eigenvalue weighted by Crippen LogP contribution is 2.33. The first-order chi connectivity index (χ1) is 16.8. The van der Waals surface area contributed by atoms with Crippen molar-refractivity contribution in [1.82, 2.24) is 10.3 Å². The Morgan fingerprint density at radius 3 is 2.50 bits per heavy atom. The Bertz CT molecular complexity index is 1040. The van der Waals surface area contributed by atoms with E-state index < -0.39 is 23.4 Å². The van der Waals surface area contributed by atoms with Crippen LogP contribution in [0.1, 0.15) is 67.2 Å². The first-order valence-corrected chi connectivity index (χ1v) is 13.0. The smallest absolute Gasteiger partial charge is 0.408 e. The van der Waals surface area contributed by atoms with Gasteiger partial charge in [-0.3, -0.25) is 0 Å². The molecule has 3 rings (SSSR count). The zero-order chi connectivity index (χ0) is 26.5. The number of halogens is 2. The van der Waals surface area contributed by atoms with Crippen molar-refractivity contribution in [3.63, 3.8) is 0 Å². The first-order valence-electron chi connectivity index (χ1n) is 12.6. The van der Waals surface area contributed by atoms with E-state index in [1.54, 1.807) is 6.20 Å². The summed E-state index contributed by atoms with van der Waals surface area (Å²) in [5.74, 6) is 1.59. The fourth-order valence-corrected chi connectivity index (χ4v) is 4.82. The molecule has 0 radical (unpaired) electrons. The standard InChI is InChI=1S/C28H39ClFN3O3/c1-18(2)16-28(6,33-26(34)36-27(3,4)5)17-35-24-10-7-19(13-23(24)29)20-11-12-31-25(14-20)32-22-9-8-21(30)15-22/h7,10-14,18,21-22H,8-9,15-17H2,1-6H3,(H,31,32)(H,33,34). The lowest BCUT2D eigenvalue weighted by Gasteiger charge is -2.33. The SMILES string of the molecule is CC(C)CC(C)(COc1ccc(-c2ccnc(NC3CCC(F)C3)c2)cc1Cl)NC(=O)OC(C)(C)C. The predicted octanol–water partition coefficient (Wildman–Crippen LogP) is 7.41. The molecule has 0 bridgehead atoms. The van der Waals surface area contributed by atoms with Gasteiger partial charge in [-0.15, -0.1) is 0 Å². The number of hydrogen-bond acceptors (Lipinski definition) is 5. The van der Waals surface area contributed by atoms with Gasteiger partial charge in [0.2, 0.25) is 0 Å². The lowest BCUT2D eigenvalue weighted by atomic mass is 9.91. The van der Waals surface area contributed by atoms with Gasteiger partial charge in [-0.1, -0.05) is 31.5 Å². The number of nitrogens with one attached hydrogen (secondary N) is 2. The largest absolute Gasteiger partial charge is 0.490 e. The zero-order valence-corrected chi connectivity index (χ0v) is 22.9. The van der Waals surface area contributed by atoms with Crippen LogP contribution in [0, 0.1) is 5.92 Å². The Hall–Kier alpha value is -2.54. The number of ether oxygens (including phenoxy) is 2. The van der Waals surface area contributed by atoms with E-state index in [4.69, 9.17) is 21.1 Å². The minimum absolute atomic E-state index is 0.108. The molecule has 2 N–H and O–H groups in total. The Morgan fingerprint density at radius 1 is 1.17 bits per heavy atom. The van der Waals surface area contributed by atoms with Gasteiger partial charge in [0.25, 0.3) is 0 Å². The van der Waals surface area contributed by atoms with Crippen LogP contribution in [0.25, 0.3) is 11.1 Å². The summed E-state index contributed by atoms with van der Waals surface area (Å²) >= 11 is 6.59. The fourth-order valence-electron chi connectivity index (χ4n) is 4.59. The number of hydrogen-bond donors (Lipinski definition) is 2. The maximum atomic E-state index is 13.5. The summed E-state index contributed by atoms with van der Waals surface area (Å²) in [5, 5.41) is 6.79.